The summed E-state index contributed by atoms with van der Waals surface area (Å²) in [6, 6.07) is 0. The number of hydrogen-bond acceptors (Lipinski definition) is 0. The number of hydrogen-bond donors (Lipinski definition) is 0. The Morgan fingerprint density at radius 2 is 1.41 bits per heavy atom. The second-order valence-corrected chi connectivity index (χ2v) is 4.94. The lowest BCUT2D eigenvalue weighted by Gasteiger charge is -2.23. The molecule has 1 aliphatic carbocycles. The minimum atomic E-state index is 0.0349. The second kappa shape index (κ2) is 13.4. The molecule has 1 rings (SSSR count). The lowest BCUT2D eigenvalue weighted by molar-refractivity contribution is 0.578. The molecule has 0 saturated carbocycles. The molecule has 0 atom stereocenters. The molecule has 0 nitrogen and oxygen atoms in total. The van der Waals surface area contributed by atoms with E-state index < -0.39 is 0 Å². The fraction of sp³-hybridized carbons (Fsp3) is 0.545. The van der Waals surface area contributed by atoms with Crippen LogP contribution in [0.25, 0.3) is 0 Å². The summed E-state index contributed by atoms with van der Waals surface area (Å²) >= 11 is 0. The summed E-state index contributed by atoms with van der Waals surface area (Å²) in [6.07, 6.45) is 6.33. The van der Waals surface area contributed by atoms with Gasteiger partial charge in [0.25, 0.3) is 0 Å². The molecular formula is C22H40. The van der Waals surface area contributed by atoms with E-state index in [0.29, 0.717) is 0 Å². The zero-order chi connectivity index (χ0) is 18.5. The maximum absolute atomic E-state index is 4.20. The molecule has 0 heterocycles. The largest absolute Gasteiger partial charge is 0.0987 e. The van der Waals surface area contributed by atoms with Crippen LogP contribution in [0.5, 0.6) is 0 Å². The van der Waals surface area contributed by atoms with E-state index in [1.54, 1.807) is 0 Å². The van der Waals surface area contributed by atoms with Crippen LogP contribution in [0.2, 0.25) is 0 Å². The standard InChI is InChI=1S/C16H22.3C2H6/c1-8-11(3)10-15-13(5)12(4)14(9-2)16(15,6)7;3*1-2/h8-10H,2,5H2,1,3-4,6-7H3;3*1-2H3/b11-8-,15-10+;;;. The lowest BCUT2D eigenvalue weighted by Crippen LogP contribution is -2.12. The van der Waals surface area contributed by atoms with Gasteiger partial charge < -0.3 is 0 Å². The molecule has 0 aromatic heterocycles. The summed E-state index contributed by atoms with van der Waals surface area (Å²) in [5.74, 6) is 0. The van der Waals surface area contributed by atoms with Gasteiger partial charge in [-0.15, -0.1) is 0 Å². The smallest absolute Gasteiger partial charge is 0.0155 e. The summed E-state index contributed by atoms with van der Waals surface area (Å²) in [7, 11) is 0. The Hall–Kier alpha value is -1.30. The number of rotatable bonds is 2. The molecule has 0 heteroatoms. The van der Waals surface area contributed by atoms with Gasteiger partial charge in [0.05, 0.1) is 0 Å². The average molecular weight is 305 g/mol. The maximum Gasteiger partial charge on any atom is 0.0155 e. The first kappa shape index (κ1) is 25.6. The van der Waals surface area contributed by atoms with Crippen LogP contribution in [-0.2, 0) is 0 Å². The van der Waals surface area contributed by atoms with Gasteiger partial charge in [0, 0.05) is 5.41 Å². The maximum atomic E-state index is 4.20. The fourth-order valence-electron chi connectivity index (χ4n) is 2.34. The molecule has 128 valence electrons. The van der Waals surface area contributed by atoms with Crippen LogP contribution in [0, 0.1) is 5.41 Å². The van der Waals surface area contributed by atoms with Crippen LogP contribution in [0.1, 0.15) is 76.2 Å². The van der Waals surface area contributed by atoms with E-state index in [1.807, 2.05) is 47.6 Å². The lowest BCUT2D eigenvalue weighted by atomic mass is 9.80. The Bertz CT molecular complexity index is 423. The molecule has 0 aromatic rings. The van der Waals surface area contributed by atoms with Crippen molar-refractivity contribution in [3.05, 3.63) is 59.3 Å². The third-order valence-electron chi connectivity index (χ3n) is 3.56. The van der Waals surface area contributed by atoms with Crippen LogP contribution in [-0.4, -0.2) is 0 Å². The highest BCUT2D eigenvalue weighted by Crippen LogP contribution is 2.49. The van der Waals surface area contributed by atoms with E-state index in [2.05, 4.69) is 59.9 Å². The van der Waals surface area contributed by atoms with Crippen molar-refractivity contribution in [2.24, 2.45) is 5.41 Å². The van der Waals surface area contributed by atoms with Gasteiger partial charge in [-0.2, -0.15) is 0 Å². The molecule has 1 aliphatic rings. The average Bonchev–Trinajstić information content (AvgIpc) is 2.72. The predicted molar refractivity (Wildman–Crippen MR) is 107 cm³/mol. The van der Waals surface area contributed by atoms with E-state index >= 15 is 0 Å². The summed E-state index contributed by atoms with van der Waals surface area (Å²) in [5, 5.41) is 0. The van der Waals surface area contributed by atoms with Crippen LogP contribution in [0.15, 0.2) is 59.3 Å². The molecule has 0 aliphatic heterocycles. The Morgan fingerprint density at radius 3 is 1.68 bits per heavy atom. The van der Waals surface area contributed by atoms with Crippen molar-refractivity contribution in [2.45, 2.75) is 76.2 Å². The molecule has 0 N–H and O–H groups in total. The molecule has 0 fully saturated rings. The van der Waals surface area contributed by atoms with Crippen molar-refractivity contribution in [1.29, 1.82) is 0 Å². The quantitative estimate of drug-likeness (QED) is 0.484. The monoisotopic (exact) mass is 304 g/mol. The van der Waals surface area contributed by atoms with Crippen molar-refractivity contribution >= 4 is 0 Å². The van der Waals surface area contributed by atoms with E-state index in [1.165, 1.54) is 22.3 Å². The third-order valence-corrected chi connectivity index (χ3v) is 3.56. The zero-order valence-corrected chi connectivity index (χ0v) is 17.1. The molecule has 0 spiro atoms. The summed E-state index contributed by atoms with van der Waals surface area (Å²) in [5.41, 5.74) is 6.36. The Morgan fingerprint density at radius 1 is 1.00 bits per heavy atom. The first-order valence-corrected chi connectivity index (χ1v) is 8.74. The predicted octanol–water partition coefficient (Wildman–Crippen LogP) is 8.06. The van der Waals surface area contributed by atoms with Crippen molar-refractivity contribution in [3.8, 4) is 0 Å². The molecule has 0 radical (unpaired) electrons. The van der Waals surface area contributed by atoms with Crippen molar-refractivity contribution in [1.82, 2.24) is 0 Å². The second-order valence-electron chi connectivity index (χ2n) is 4.94. The molecule has 0 aromatic carbocycles. The Kier molecular flexibility index (Phi) is 15.6. The van der Waals surface area contributed by atoms with Crippen molar-refractivity contribution < 1.29 is 0 Å². The first-order chi connectivity index (χ1) is 10.4. The summed E-state index contributed by atoms with van der Waals surface area (Å²) < 4.78 is 0. The molecule has 0 saturated heterocycles. The van der Waals surface area contributed by atoms with Gasteiger partial charge in [-0.3, -0.25) is 0 Å². The highest BCUT2D eigenvalue weighted by atomic mass is 14.4. The van der Waals surface area contributed by atoms with Crippen molar-refractivity contribution in [2.75, 3.05) is 0 Å². The SMILES string of the molecule is C=CC1=C(C)C(=C)/C(=C\C(C)=C/C)C1(C)C.CC.CC.CC. The van der Waals surface area contributed by atoms with E-state index in [-0.39, 0.29) is 5.41 Å². The molecular weight excluding hydrogens is 264 g/mol. The van der Waals surface area contributed by atoms with Gasteiger partial charge in [-0.25, -0.2) is 0 Å². The fourth-order valence-corrected chi connectivity index (χ4v) is 2.34. The third kappa shape index (κ3) is 6.22. The van der Waals surface area contributed by atoms with Gasteiger partial charge in [0.1, 0.15) is 0 Å². The van der Waals surface area contributed by atoms with Crippen LogP contribution in [0.4, 0.5) is 0 Å². The van der Waals surface area contributed by atoms with Crippen molar-refractivity contribution in [3.63, 3.8) is 0 Å². The van der Waals surface area contributed by atoms with Crippen LogP contribution < -0.4 is 0 Å². The highest BCUT2D eigenvalue weighted by Gasteiger charge is 2.36. The first-order valence-electron chi connectivity index (χ1n) is 8.74. The molecule has 0 bridgehead atoms. The van der Waals surface area contributed by atoms with E-state index in [0.717, 1.165) is 5.57 Å². The van der Waals surface area contributed by atoms with Crippen LogP contribution in [0.3, 0.4) is 0 Å². The Labute approximate surface area is 141 Å². The van der Waals surface area contributed by atoms with Gasteiger partial charge in [0.2, 0.25) is 0 Å². The van der Waals surface area contributed by atoms with Gasteiger partial charge >= 0.3 is 0 Å². The Balaban J connectivity index is -0.000000535. The van der Waals surface area contributed by atoms with E-state index in [9.17, 15) is 0 Å². The zero-order valence-electron chi connectivity index (χ0n) is 17.1. The topological polar surface area (TPSA) is 0 Å². The highest BCUT2D eigenvalue weighted by molar-refractivity contribution is 5.63. The molecule has 22 heavy (non-hydrogen) atoms. The minimum absolute atomic E-state index is 0.0349. The minimum Gasteiger partial charge on any atom is -0.0987 e. The number of allylic oxidation sites excluding steroid dienone is 8. The van der Waals surface area contributed by atoms with Gasteiger partial charge in [-0.1, -0.05) is 92.3 Å². The van der Waals surface area contributed by atoms with Gasteiger partial charge in [-0.05, 0) is 43.1 Å². The summed E-state index contributed by atoms with van der Waals surface area (Å²) in [4.78, 5) is 0. The van der Waals surface area contributed by atoms with Crippen LogP contribution >= 0.6 is 0 Å². The molecule has 0 amide bonds. The van der Waals surface area contributed by atoms with Gasteiger partial charge in [0.15, 0.2) is 0 Å². The molecule has 0 unspecified atom stereocenters. The van der Waals surface area contributed by atoms with E-state index in [4.69, 9.17) is 0 Å². The normalized spacial score (nSPS) is 17.7. The summed E-state index contributed by atoms with van der Waals surface area (Å²) in [6.45, 7) is 30.9.